The van der Waals surface area contributed by atoms with Gasteiger partial charge in [-0.15, -0.1) is 0 Å². The number of hydrogen-bond donors (Lipinski definition) is 1. The number of amides is 1. The standard InChI is InChI=1S/C19H17FN6O4/c20-13-5-1-3-11(7-13)17-23-19(30-24-17)12-4-2-6-25(10-12)18-15(16(21)27)8-14(9-22-18)26(28)29/h1,3,5,7-9,12H,2,4,6,10H2,(H2,21,27). The van der Waals surface area contributed by atoms with Gasteiger partial charge in [-0.2, -0.15) is 4.98 Å². The molecule has 30 heavy (non-hydrogen) atoms. The quantitative estimate of drug-likeness (QED) is 0.498. The highest BCUT2D eigenvalue weighted by Gasteiger charge is 2.29. The van der Waals surface area contributed by atoms with E-state index in [9.17, 15) is 19.3 Å². The van der Waals surface area contributed by atoms with Gasteiger partial charge >= 0.3 is 0 Å². The minimum Gasteiger partial charge on any atom is -0.365 e. The van der Waals surface area contributed by atoms with Crippen molar-refractivity contribution in [1.82, 2.24) is 15.1 Å². The normalized spacial score (nSPS) is 16.4. The first-order chi connectivity index (χ1) is 14.4. The number of rotatable bonds is 5. The average molecular weight is 412 g/mol. The van der Waals surface area contributed by atoms with Crippen LogP contribution in [0.25, 0.3) is 11.4 Å². The van der Waals surface area contributed by atoms with Crippen LogP contribution in [0.15, 0.2) is 41.1 Å². The summed E-state index contributed by atoms with van der Waals surface area (Å²) >= 11 is 0. The molecule has 1 amide bonds. The number of pyridine rings is 1. The molecule has 11 heteroatoms. The monoisotopic (exact) mass is 412 g/mol. The van der Waals surface area contributed by atoms with E-state index in [0.717, 1.165) is 25.1 Å². The second-order valence-electron chi connectivity index (χ2n) is 6.94. The van der Waals surface area contributed by atoms with Crippen LogP contribution in [0.1, 0.15) is 35.0 Å². The van der Waals surface area contributed by atoms with Crippen molar-refractivity contribution in [2.75, 3.05) is 18.0 Å². The Morgan fingerprint density at radius 3 is 2.93 bits per heavy atom. The summed E-state index contributed by atoms with van der Waals surface area (Å²) in [5.74, 6) is -0.385. The van der Waals surface area contributed by atoms with Gasteiger partial charge in [-0.1, -0.05) is 17.3 Å². The Morgan fingerprint density at radius 2 is 2.20 bits per heavy atom. The van der Waals surface area contributed by atoms with E-state index in [0.29, 0.717) is 24.5 Å². The Hall–Kier alpha value is -3.89. The van der Waals surface area contributed by atoms with Crippen LogP contribution in [-0.2, 0) is 0 Å². The maximum atomic E-state index is 13.5. The van der Waals surface area contributed by atoms with Crippen LogP contribution in [0.5, 0.6) is 0 Å². The van der Waals surface area contributed by atoms with Crippen molar-refractivity contribution >= 4 is 17.4 Å². The number of benzene rings is 1. The van der Waals surface area contributed by atoms with Crippen molar-refractivity contribution in [1.29, 1.82) is 0 Å². The molecule has 1 aliphatic heterocycles. The molecule has 0 spiro atoms. The number of nitro groups is 1. The largest absolute Gasteiger partial charge is 0.365 e. The van der Waals surface area contributed by atoms with Gasteiger partial charge in [0, 0.05) is 24.7 Å². The van der Waals surface area contributed by atoms with Crippen LogP contribution in [0.2, 0.25) is 0 Å². The average Bonchev–Trinajstić information content (AvgIpc) is 3.24. The number of carbonyl (C=O) groups excluding carboxylic acids is 1. The van der Waals surface area contributed by atoms with Crippen molar-refractivity contribution in [3.63, 3.8) is 0 Å². The number of anilines is 1. The molecule has 0 saturated carbocycles. The van der Waals surface area contributed by atoms with Crippen molar-refractivity contribution < 1.29 is 18.6 Å². The smallest absolute Gasteiger partial charge is 0.288 e. The molecule has 154 valence electrons. The molecule has 1 fully saturated rings. The highest BCUT2D eigenvalue weighted by molar-refractivity contribution is 5.98. The van der Waals surface area contributed by atoms with Gasteiger partial charge in [0.05, 0.1) is 16.4 Å². The molecular formula is C19H17FN6O4. The molecule has 2 N–H and O–H groups in total. The summed E-state index contributed by atoms with van der Waals surface area (Å²) in [5.41, 5.74) is 5.60. The number of hydrogen-bond acceptors (Lipinski definition) is 8. The lowest BCUT2D eigenvalue weighted by Gasteiger charge is -2.32. The van der Waals surface area contributed by atoms with E-state index < -0.39 is 16.6 Å². The molecule has 1 aliphatic rings. The molecule has 4 rings (SSSR count). The second kappa shape index (κ2) is 7.85. The van der Waals surface area contributed by atoms with E-state index in [2.05, 4.69) is 15.1 Å². The summed E-state index contributed by atoms with van der Waals surface area (Å²) in [6, 6.07) is 7.03. The summed E-state index contributed by atoms with van der Waals surface area (Å²) in [6.07, 6.45) is 2.61. The van der Waals surface area contributed by atoms with Crippen LogP contribution in [0, 0.1) is 15.9 Å². The molecular weight excluding hydrogens is 395 g/mol. The van der Waals surface area contributed by atoms with Gasteiger partial charge in [0.15, 0.2) is 0 Å². The van der Waals surface area contributed by atoms with Gasteiger partial charge in [-0.3, -0.25) is 14.9 Å². The lowest BCUT2D eigenvalue weighted by atomic mass is 9.97. The highest BCUT2D eigenvalue weighted by atomic mass is 19.1. The number of piperidine rings is 1. The molecule has 10 nitrogen and oxygen atoms in total. The number of aromatic nitrogens is 3. The molecule has 1 atom stereocenters. The first-order valence-electron chi connectivity index (χ1n) is 9.21. The fourth-order valence-electron chi connectivity index (χ4n) is 3.50. The van der Waals surface area contributed by atoms with Gasteiger partial charge < -0.3 is 15.2 Å². The molecule has 0 radical (unpaired) electrons. The topological polar surface area (TPSA) is 141 Å². The number of nitrogens with two attached hydrogens (primary N) is 1. The van der Waals surface area contributed by atoms with Crippen molar-refractivity contribution in [3.8, 4) is 11.4 Å². The fraction of sp³-hybridized carbons (Fsp3) is 0.263. The zero-order valence-corrected chi connectivity index (χ0v) is 15.7. The Labute approximate surface area is 169 Å². The van der Waals surface area contributed by atoms with Crippen LogP contribution >= 0.6 is 0 Å². The van der Waals surface area contributed by atoms with Crippen molar-refractivity contribution in [2.24, 2.45) is 5.73 Å². The van der Waals surface area contributed by atoms with Crippen LogP contribution in [-0.4, -0.2) is 39.0 Å². The van der Waals surface area contributed by atoms with Gasteiger partial charge in [0.25, 0.3) is 11.6 Å². The zero-order chi connectivity index (χ0) is 21.3. The predicted octanol–water partition coefficient (Wildman–Crippen LogP) is 2.66. The SMILES string of the molecule is NC(=O)c1cc([N+](=O)[O-])cnc1N1CCCC(c2nc(-c3cccc(F)c3)no2)C1. The molecule has 1 aromatic carbocycles. The lowest BCUT2D eigenvalue weighted by Crippen LogP contribution is -2.36. The molecule has 3 heterocycles. The summed E-state index contributed by atoms with van der Waals surface area (Å²) < 4.78 is 18.9. The Kier molecular flexibility index (Phi) is 5.09. The molecule has 2 aromatic heterocycles. The van der Waals surface area contributed by atoms with Crippen molar-refractivity contribution in [2.45, 2.75) is 18.8 Å². The molecule has 0 bridgehead atoms. The minimum absolute atomic E-state index is 0.0178. The minimum atomic E-state index is -0.797. The number of primary amides is 1. The third-order valence-corrected chi connectivity index (χ3v) is 4.92. The van der Waals surface area contributed by atoms with Crippen molar-refractivity contribution in [3.05, 3.63) is 63.9 Å². The van der Waals surface area contributed by atoms with E-state index in [4.69, 9.17) is 10.3 Å². The third-order valence-electron chi connectivity index (χ3n) is 4.92. The zero-order valence-electron chi connectivity index (χ0n) is 15.7. The second-order valence-corrected chi connectivity index (χ2v) is 6.94. The van der Waals surface area contributed by atoms with Gasteiger partial charge in [-0.05, 0) is 25.0 Å². The van der Waals surface area contributed by atoms with Crippen LogP contribution in [0.3, 0.4) is 0 Å². The first kappa shape index (κ1) is 19.4. The number of halogens is 1. The van der Waals surface area contributed by atoms with Gasteiger partial charge in [0.1, 0.15) is 17.8 Å². The summed E-state index contributed by atoms with van der Waals surface area (Å²) in [4.78, 5) is 32.5. The van der Waals surface area contributed by atoms with E-state index in [1.807, 2.05) is 4.90 Å². The predicted molar refractivity (Wildman–Crippen MR) is 103 cm³/mol. The number of carbonyl (C=O) groups is 1. The van der Waals surface area contributed by atoms with E-state index >= 15 is 0 Å². The fourth-order valence-corrected chi connectivity index (χ4v) is 3.50. The summed E-state index contributed by atoms with van der Waals surface area (Å²) in [6.45, 7) is 1.00. The summed E-state index contributed by atoms with van der Waals surface area (Å²) in [7, 11) is 0. The highest BCUT2D eigenvalue weighted by Crippen LogP contribution is 2.32. The maximum Gasteiger partial charge on any atom is 0.288 e. The van der Waals surface area contributed by atoms with E-state index in [-0.39, 0.29) is 28.8 Å². The summed E-state index contributed by atoms with van der Waals surface area (Å²) in [5, 5.41) is 14.9. The number of nitrogens with zero attached hydrogens (tertiary/aromatic N) is 5. The Morgan fingerprint density at radius 1 is 1.37 bits per heavy atom. The lowest BCUT2D eigenvalue weighted by molar-refractivity contribution is -0.385. The third kappa shape index (κ3) is 3.81. The Balaban J connectivity index is 1.59. The van der Waals surface area contributed by atoms with Gasteiger partial charge in [-0.25, -0.2) is 9.37 Å². The first-order valence-corrected chi connectivity index (χ1v) is 9.21. The maximum absolute atomic E-state index is 13.5. The Bertz CT molecular complexity index is 1120. The molecule has 3 aromatic rings. The van der Waals surface area contributed by atoms with E-state index in [1.165, 1.54) is 12.1 Å². The molecule has 0 aliphatic carbocycles. The van der Waals surface area contributed by atoms with Crippen LogP contribution in [0.4, 0.5) is 15.9 Å². The molecule has 1 saturated heterocycles. The van der Waals surface area contributed by atoms with E-state index in [1.54, 1.807) is 12.1 Å². The van der Waals surface area contributed by atoms with Gasteiger partial charge in [0.2, 0.25) is 11.7 Å². The van der Waals surface area contributed by atoms with Crippen LogP contribution < -0.4 is 10.6 Å². The molecule has 1 unspecified atom stereocenters.